The van der Waals surface area contributed by atoms with Crippen LogP contribution in [0.4, 0.5) is 0 Å². The molecule has 1 amide bonds. The zero-order valence-electron chi connectivity index (χ0n) is 19.3. The Balaban J connectivity index is 1.83. The van der Waals surface area contributed by atoms with E-state index in [4.69, 9.17) is 21.1 Å². The van der Waals surface area contributed by atoms with Crippen molar-refractivity contribution in [1.29, 1.82) is 0 Å². The number of aldehydes is 1. The average molecular weight is 466 g/mol. The number of halogens is 1. The lowest BCUT2D eigenvalue weighted by atomic mass is 9.98. The summed E-state index contributed by atoms with van der Waals surface area (Å²) < 4.78 is 11.4. The van der Waals surface area contributed by atoms with Crippen LogP contribution >= 0.6 is 11.6 Å². The van der Waals surface area contributed by atoms with Crippen molar-refractivity contribution in [2.75, 3.05) is 6.61 Å². The number of carbonyl (C=O) groups is 2. The van der Waals surface area contributed by atoms with Gasteiger partial charge in [0.05, 0.1) is 23.3 Å². The molecule has 0 saturated heterocycles. The number of carbonyl (C=O) groups excluding carboxylic acids is 2. The highest BCUT2D eigenvalue weighted by atomic mass is 35.5. The zero-order valence-corrected chi connectivity index (χ0v) is 20.0. The van der Waals surface area contributed by atoms with Crippen LogP contribution in [-0.2, 0) is 6.54 Å². The van der Waals surface area contributed by atoms with E-state index in [1.165, 1.54) is 0 Å². The van der Waals surface area contributed by atoms with Crippen molar-refractivity contribution in [2.24, 2.45) is 0 Å². The molecular weight excluding hydrogens is 438 g/mol. The maximum Gasteiger partial charge on any atom is 0.253 e. The van der Waals surface area contributed by atoms with E-state index in [9.17, 15) is 9.59 Å². The van der Waals surface area contributed by atoms with E-state index in [2.05, 4.69) is 5.32 Å². The van der Waals surface area contributed by atoms with Gasteiger partial charge < -0.3 is 14.8 Å². The van der Waals surface area contributed by atoms with Gasteiger partial charge >= 0.3 is 0 Å². The van der Waals surface area contributed by atoms with Gasteiger partial charge in [-0.3, -0.25) is 9.59 Å². The largest absolute Gasteiger partial charge is 0.494 e. The highest BCUT2D eigenvalue weighted by molar-refractivity contribution is 6.34. The molecular formula is C27H28ClNO4. The van der Waals surface area contributed by atoms with Crippen molar-refractivity contribution >= 4 is 23.8 Å². The smallest absolute Gasteiger partial charge is 0.253 e. The monoisotopic (exact) mass is 465 g/mol. The number of amides is 1. The van der Waals surface area contributed by atoms with Gasteiger partial charge in [0.15, 0.2) is 0 Å². The molecule has 3 rings (SSSR count). The summed E-state index contributed by atoms with van der Waals surface area (Å²) in [5, 5.41) is 3.25. The van der Waals surface area contributed by atoms with Crippen LogP contribution in [0.5, 0.6) is 11.5 Å². The molecule has 0 heterocycles. The lowest BCUT2D eigenvalue weighted by Gasteiger charge is -2.15. The summed E-state index contributed by atoms with van der Waals surface area (Å²) in [5.41, 5.74) is 4.62. The summed E-state index contributed by atoms with van der Waals surface area (Å²) in [6.45, 7) is 8.43. The second kappa shape index (κ2) is 11.0. The van der Waals surface area contributed by atoms with Crippen molar-refractivity contribution in [3.8, 4) is 22.6 Å². The maximum absolute atomic E-state index is 12.8. The maximum atomic E-state index is 12.8. The van der Waals surface area contributed by atoms with E-state index in [1.807, 2.05) is 64.1 Å². The van der Waals surface area contributed by atoms with Crippen LogP contribution in [0.2, 0.25) is 5.02 Å². The average Bonchev–Trinajstić information content (AvgIpc) is 2.78. The van der Waals surface area contributed by atoms with Crippen LogP contribution in [0.1, 0.15) is 52.6 Å². The molecule has 5 nitrogen and oxygen atoms in total. The first-order valence-corrected chi connectivity index (χ1v) is 11.3. The van der Waals surface area contributed by atoms with Gasteiger partial charge in [0.25, 0.3) is 5.91 Å². The Morgan fingerprint density at radius 3 is 2.45 bits per heavy atom. The van der Waals surface area contributed by atoms with Gasteiger partial charge in [0.2, 0.25) is 0 Å². The Hall–Kier alpha value is -3.31. The summed E-state index contributed by atoms with van der Waals surface area (Å²) in [7, 11) is 0. The van der Waals surface area contributed by atoms with Crippen molar-refractivity contribution < 1.29 is 19.1 Å². The van der Waals surface area contributed by atoms with E-state index in [1.54, 1.807) is 18.2 Å². The summed E-state index contributed by atoms with van der Waals surface area (Å²) in [4.78, 5) is 24.1. The topological polar surface area (TPSA) is 64.6 Å². The number of aryl methyl sites for hydroxylation is 1. The molecule has 0 saturated carbocycles. The Labute approximate surface area is 199 Å². The van der Waals surface area contributed by atoms with E-state index >= 15 is 0 Å². The van der Waals surface area contributed by atoms with E-state index in [-0.39, 0.29) is 18.6 Å². The number of nitrogens with one attached hydrogen (secondary N) is 1. The fraction of sp³-hybridized carbons (Fsp3) is 0.259. The Morgan fingerprint density at radius 1 is 1.06 bits per heavy atom. The minimum atomic E-state index is -0.289. The third-order valence-electron chi connectivity index (χ3n) is 5.10. The molecule has 0 spiro atoms. The van der Waals surface area contributed by atoms with E-state index in [0.29, 0.717) is 34.3 Å². The SMILES string of the molecule is CCOc1ccc(-c2ccc(C)c(C=O)c2)cc1CNC(=O)c1ccc(OC(C)C)cc1Cl. The van der Waals surface area contributed by atoms with Gasteiger partial charge in [0.1, 0.15) is 17.8 Å². The van der Waals surface area contributed by atoms with Gasteiger partial charge in [-0.15, -0.1) is 0 Å². The molecule has 0 aromatic heterocycles. The predicted octanol–water partition coefficient (Wildman–Crippen LogP) is 6.24. The number of hydrogen-bond donors (Lipinski definition) is 1. The Morgan fingerprint density at radius 2 is 1.79 bits per heavy atom. The molecule has 0 aliphatic heterocycles. The Kier molecular flexibility index (Phi) is 8.12. The van der Waals surface area contributed by atoms with E-state index < -0.39 is 0 Å². The van der Waals surface area contributed by atoms with Gasteiger partial charge in [-0.25, -0.2) is 0 Å². The van der Waals surface area contributed by atoms with Gasteiger partial charge in [-0.1, -0.05) is 29.8 Å². The minimum Gasteiger partial charge on any atom is -0.494 e. The van der Waals surface area contributed by atoms with Gasteiger partial charge in [0, 0.05) is 17.7 Å². The van der Waals surface area contributed by atoms with Gasteiger partial charge in [-0.05, 0) is 80.8 Å². The van der Waals surface area contributed by atoms with Crippen LogP contribution in [0.25, 0.3) is 11.1 Å². The summed E-state index contributed by atoms with van der Waals surface area (Å²) in [6, 6.07) is 16.6. The van der Waals surface area contributed by atoms with Crippen LogP contribution in [0.15, 0.2) is 54.6 Å². The van der Waals surface area contributed by atoms with Crippen LogP contribution < -0.4 is 14.8 Å². The normalized spacial score (nSPS) is 10.7. The fourth-order valence-corrected chi connectivity index (χ4v) is 3.69. The standard InChI is InChI=1S/C27H28ClNO4/c1-5-32-26-11-8-20(19-7-6-18(4)22(13-19)16-30)12-21(26)15-29-27(31)24-10-9-23(14-25(24)28)33-17(2)3/h6-14,16-17H,5,15H2,1-4H3,(H,29,31). The van der Waals surface area contributed by atoms with Crippen LogP contribution in [0.3, 0.4) is 0 Å². The quantitative estimate of drug-likeness (QED) is 0.379. The molecule has 0 radical (unpaired) electrons. The molecule has 1 N–H and O–H groups in total. The molecule has 0 unspecified atom stereocenters. The van der Waals surface area contributed by atoms with Crippen molar-refractivity contribution in [3.63, 3.8) is 0 Å². The van der Waals surface area contributed by atoms with Gasteiger partial charge in [-0.2, -0.15) is 0 Å². The number of ether oxygens (including phenoxy) is 2. The molecule has 0 bridgehead atoms. The molecule has 3 aromatic rings. The lowest BCUT2D eigenvalue weighted by molar-refractivity contribution is 0.0950. The fourth-order valence-electron chi connectivity index (χ4n) is 3.44. The molecule has 0 atom stereocenters. The second-order valence-corrected chi connectivity index (χ2v) is 8.34. The first-order chi connectivity index (χ1) is 15.8. The first kappa shape index (κ1) is 24.3. The lowest BCUT2D eigenvalue weighted by Crippen LogP contribution is -2.23. The number of rotatable bonds is 9. The molecule has 0 aliphatic rings. The highest BCUT2D eigenvalue weighted by Gasteiger charge is 2.14. The molecule has 172 valence electrons. The first-order valence-electron chi connectivity index (χ1n) is 10.9. The molecule has 33 heavy (non-hydrogen) atoms. The van der Waals surface area contributed by atoms with Crippen molar-refractivity contribution in [1.82, 2.24) is 5.32 Å². The summed E-state index contributed by atoms with van der Waals surface area (Å²) >= 11 is 6.32. The van der Waals surface area contributed by atoms with Crippen LogP contribution in [-0.4, -0.2) is 24.9 Å². The number of benzene rings is 3. The molecule has 0 fully saturated rings. The third kappa shape index (κ3) is 6.14. The zero-order chi connectivity index (χ0) is 24.0. The van der Waals surface area contributed by atoms with E-state index in [0.717, 1.165) is 28.5 Å². The predicted molar refractivity (Wildman–Crippen MR) is 132 cm³/mol. The summed E-state index contributed by atoms with van der Waals surface area (Å²) in [6.07, 6.45) is 0.872. The van der Waals surface area contributed by atoms with Crippen molar-refractivity contribution in [3.05, 3.63) is 81.9 Å². The second-order valence-electron chi connectivity index (χ2n) is 7.94. The number of hydrogen-bond acceptors (Lipinski definition) is 4. The highest BCUT2D eigenvalue weighted by Crippen LogP contribution is 2.29. The van der Waals surface area contributed by atoms with Crippen molar-refractivity contribution in [2.45, 2.75) is 40.3 Å². The van der Waals surface area contributed by atoms with Crippen LogP contribution in [0, 0.1) is 6.92 Å². The third-order valence-corrected chi connectivity index (χ3v) is 5.41. The Bertz CT molecular complexity index is 1160. The minimum absolute atomic E-state index is 0.0150. The molecule has 3 aromatic carbocycles. The summed E-state index contributed by atoms with van der Waals surface area (Å²) in [5.74, 6) is 1.02. The molecule has 0 aliphatic carbocycles. The molecule has 6 heteroatoms.